The van der Waals surface area contributed by atoms with E-state index in [1.165, 1.54) is 0 Å². The number of amides is 3. The molecule has 0 saturated carbocycles. The van der Waals surface area contributed by atoms with Crippen LogP contribution in [0.4, 0.5) is 4.79 Å². The summed E-state index contributed by atoms with van der Waals surface area (Å²) in [4.78, 5) is 29.2. The van der Waals surface area contributed by atoms with Crippen molar-refractivity contribution in [1.29, 1.82) is 0 Å². The van der Waals surface area contributed by atoms with Gasteiger partial charge in [0.15, 0.2) is 0 Å². The molecule has 0 bridgehead atoms. The second-order valence-corrected chi connectivity index (χ2v) is 7.40. The average Bonchev–Trinajstić information content (AvgIpc) is 2.84. The zero-order valence-electron chi connectivity index (χ0n) is 10.9. The van der Waals surface area contributed by atoms with Gasteiger partial charge in [-0.15, -0.1) is 11.3 Å². The van der Waals surface area contributed by atoms with E-state index in [9.17, 15) is 9.59 Å². The van der Waals surface area contributed by atoms with Crippen molar-refractivity contribution in [3.8, 4) is 0 Å². The zero-order valence-corrected chi connectivity index (χ0v) is 13.9. The third-order valence-corrected chi connectivity index (χ3v) is 4.82. The topological polar surface area (TPSA) is 43.9 Å². The van der Waals surface area contributed by atoms with Crippen LogP contribution in [0, 0.1) is 2.88 Å². The second kappa shape index (κ2) is 6.08. The van der Waals surface area contributed by atoms with E-state index in [0.717, 1.165) is 8.45 Å². The minimum Gasteiger partial charge on any atom is -0.335 e. The van der Waals surface area contributed by atoms with Gasteiger partial charge in [0.25, 0.3) is 5.91 Å². The number of carbonyl (C=O) groups excluding carboxylic acids is 2. The molecule has 0 aliphatic carbocycles. The van der Waals surface area contributed by atoms with Crippen LogP contribution in [0.5, 0.6) is 0 Å². The average molecular weight is 393 g/mol. The summed E-state index contributed by atoms with van der Waals surface area (Å²) in [6.45, 7) is 2.41. The van der Waals surface area contributed by atoms with Gasteiger partial charge in [-0.2, -0.15) is 0 Å². The van der Waals surface area contributed by atoms with Gasteiger partial charge < -0.3 is 14.7 Å². The quantitative estimate of drug-likeness (QED) is 0.683. The first kappa shape index (κ1) is 14.6. The Balaban J connectivity index is 1.93. The normalized spacial score (nSPS) is 15.5. The maximum absolute atomic E-state index is 12.2. The van der Waals surface area contributed by atoms with E-state index in [2.05, 4.69) is 22.6 Å². The van der Waals surface area contributed by atoms with Crippen LogP contribution in [0.1, 0.15) is 10.4 Å². The molecule has 1 fully saturated rings. The van der Waals surface area contributed by atoms with E-state index in [-0.39, 0.29) is 11.9 Å². The molecule has 1 saturated heterocycles. The van der Waals surface area contributed by atoms with Crippen molar-refractivity contribution in [2.45, 2.75) is 0 Å². The van der Waals surface area contributed by atoms with E-state index < -0.39 is 0 Å². The van der Waals surface area contributed by atoms with Crippen molar-refractivity contribution in [1.82, 2.24) is 14.7 Å². The van der Waals surface area contributed by atoms with Gasteiger partial charge in [0.2, 0.25) is 0 Å². The number of halogens is 1. The minimum atomic E-state index is 0.0113. The van der Waals surface area contributed by atoms with Gasteiger partial charge in [-0.05, 0) is 28.7 Å². The molecule has 0 unspecified atom stereocenters. The molecule has 19 heavy (non-hydrogen) atoms. The highest BCUT2D eigenvalue weighted by Crippen LogP contribution is 2.18. The molecule has 1 aliphatic rings. The fourth-order valence-corrected chi connectivity index (χ4v) is 3.31. The van der Waals surface area contributed by atoms with Crippen LogP contribution < -0.4 is 0 Å². The first-order chi connectivity index (χ1) is 8.99. The van der Waals surface area contributed by atoms with Gasteiger partial charge in [0, 0.05) is 45.7 Å². The van der Waals surface area contributed by atoms with Crippen LogP contribution in [-0.2, 0) is 0 Å². The van der Waals surface area contributed by atoms with Crippen molar-refractivity contribution in [2.24, 2.45) is 0 Å². The van der Waals surface area contributed by atoms with Crippen LogP contribution in [-0.4, -0.2) is 66.9 Å². The SMILES string of the molecule is CN(C)C(=O)N1CCN(C(=O)c2csc(I)c2)CC1. The molecule has 5 nitrogen and oxygen atoms in total. The van der Waals surface area contributed by atoms with Crippen LogP contribution in [0.15, 0.2) is 11.4 Å². The summed E-state index contributed by atoms with van der Waals surface area (Å²) in [6.07, 6.45) is 0. The number of urea groups is 1. The lowest BCUT2D eigenvalue weighted by atomic mass is 10.2. The van der Waals surface area contributed by atoms with Gasteiger partial charge in [0.05, 0.1) is 8.45 Å². The number of piperazine rings is 1. The third-order valence-electron chi connectivity index (χ3n) is 3.03. The summed E-state index contributed by atoms with van der Waals surface area (Å²) in [5.74, 6) is 0.0659. The molecule has 7 heteroatoms. The van der Waals surface area contributed by atoms with E-state index in [1.54, 1.807) is 35.2 Å². The first-order valence-electron chi connectivity index (χ1n) is 5.98. The molecular formula is C12H16IN3O2S. The van der Waals surface area contributed by atoms with Crippen LogP contribution in [0.3, 0.4) is 0 Å². The highest BCUT2D eigenvalue weighted by atomic mass is 127. The Hall–Kier alpha value is -0.830. The summed E-state index contributed by atoms with van der Waals surface area (Å²) in [6, 6.07) is 1.92. The number of thiophene rings is 1. The van der Waals surface area contributed by atoms with E-state index in [0.29, 0.717) is 26.2 Å². The number of nitrogens with zero attached hydrogens (tertiary/aromatic N) is 3. The van der Waals surface area contributed by atoms with Gasteiger partial charge in [0.1, 0.15) is 0 Å². The molecule has 0 spiro atoms. The summed E-state index contributed by atoms with van der Waals surface area (Å²) in [5, 5.41) is 1.89. The highest BCUT2D eigenvalue weighted by molar-refractivity contribution is 14.1. The fourth-order valence-electron chi connectivity index (χ4n) is 1.99. The maximum Gasteiger partial charge on any atom is 0.319 e. The molecule has 1 aromatic heterocycles. The number of rotatable bonds is 1. The molecule has 1 aliphatic heterocycles. The van der Waals surface area contributed by atoms with Crippen LogP contribution >= 0.6 is 33.9 Å². The molecule has 2 rings (SSSR count). The van der Waals surface area contributed by atoms with Crippen molar-refractivity contribution in [2.75, 3.05) is 40.3 Å². The predicted molar refractivity (Wildman–Crippen MR) is 83.6 cm³/mol. The Bertz CT molecular complexity index is 481. The van der Waals surface area contributed by atoms with Crippen LogP contribution in [0.25, 0.3) is 0 Å². The molecule has 104 valence electrons. The van der Waals surface area contributed by atoms with Gasteiger partial charge in [-0.1, -0.05) is 0 Å². The summed E-state index contributed by atoms with van der Waals surface area (Å²) < 4.78 is 1.11. The number of hydrogen-bond donors (Lipinski definition) is 0. The van der Waals surface area contributed by atoms with Crippen molar-refractivity contribution in [3.63, 3.8) is 0 Å². The van der Waals surface area contributed by atoms with Gasteiger partial charge in [-0.3, -0.25) is 4.79 Å². The molecule has 0 atom stereocenters. The smallest absolute Gasteiger partial charge is 0.319 e. The predicted octanol–water partition coefficient (Wildman–Crippen LogP) is 1.79. The summed E-state index contributed by atoms with van der Waals surface area (Å²) in [5.41, 5.74) is 0.752. The molecule has 0 radical (unpaired) electrons. The monoisotopic (exact) mass is 393 g/mol. The summed E-state index contributed by atoms with van der Waals surface area (Å²) in [7, 11) is 3.49. The van der Waals surface area contributed by atoms with E-state index in [1.807, 2.05) is 16.3 Å². The molecule has 1 aromatic rings. The highest BCUT2D eigenvalue weighted by Gasteiger charge is 2.25. The van der Waals surface area contributed by atoms with Crippen molar-refractivity contribution >= 4 is 45.9 Å². The van der Waals surface area contributed by atoms with Crippen LogP contribution in [0.2, 0.25) is 0 Å². The lowest BCUT2D eigenvalue weighted by molar-refractivity contribution is 0.0651. The largest absolute Gasteiger partial charge is 0.335 e. The Morgan fingerprint density at radius 3 is 2.26 bits per heavy atom. The second-order valence-electron chi connectivity index (χ2n) is 4.60. The Labute approximate surface area is 130 Å². The molecule has 0 aromatic carbocycles. The number of carbonyl (C=O) groups is 2. The van der Waals surface area contributed by atoms with E-state index >= 15 is 0 Å². The van der Waals surface area contributed by atoms with Crippen molar-refractivity contribution < 1.29 is 9.59 Å². The summed E-state index contributed by atoms with van der Waals surface area (Å²) >= 11 is 3.79. The fraction of sp³-hybridized carbons (Fsp3) is 0.500. The maximum atomic E-state index is 12.2. The van der Waals surface area contributed by atoms with E-state index in [4.69, 9.17) is 0 Å². The Morgan fingerprint density at radius 2 is 1.79 bits per heavy atom. The van der Waals surface area contributed by atoms with Gasteiger partial charge >= 0.3 is 6.03 Å². The molecule has 3 amide bonds. The lowest BCUT2D eigenvalue weighted by Gasteiger charge is -2.35. The molecule has 2 heterocycles. The Kier molecular flexibility index (Phi) is 4.67. The lowest BCUT2D eigenvalue weighted by Crippen LogP contribution is -2.52. The first-order valence-corrected chi connectivity index (χ1v) is 7.94. The Morgan fingerprint density at radius 1 is 1.21 bits per heavy atom. The minimum absolute atomic E-state index is 0.0113. The van der Waals surface area contributed by atoms with Gasteiger partial charge in [-0.25, -0.2) is 4.79 Å². The van der Waals surface area contributed by atoms with Crippen molar-refractivity contribution in [3.05, 3.63) is 19.9 Å². The standard InChI is InChI=1S/C12H16IN3O2S/c1-14(2)12(18)16-5-3-15(4-6-16)11(17)9-7-10(13)19-8-9/h7-8H,3-6H2,1-2H3. The zero-order chi connectivity index (χ0) is 14.0. The number of hydrogen-bond acceptors (Lipinski definition) is 3. The molecule has 0 N–H and O–H groups in total. The molecular weight excluding hydrogens is 377 g/mol. The third kappa shape index (κ3) is 3.38.